The van der Waals surface area contributed by atoms with Crippen molar-refractivity contribution in [2.45, 2.75) is 6.42 Å². The van der Waals surface area contributed by atoms with Gasteiger partial charge in [-0.15, -0.1) is 0 Å². The predicted octanol–water partition coefficient (Wildman–Crippen LogP) is 2.96. The van der Waals surface area contributed by atoms with E-state index >= 15 is 0 Å². The van der Waals surface area contributed by atoms with Crippen LogP contribution in [-0.2, 0) is 6.42 Å². The van der Waals surface area contributed by atoms with E-state index in [0.717, 1.165) is 10.0 Å². The van der Waals surface area contributed by atoms with Crippen molar-refractivity contribution < 1.29 is 9.47 Å². The van der Waals surface area contributed by atoms with Crippen LogP contribution in [0.25, 0.3) is 11.2 Å². The van der Waals surface area contributed by atoms with Gasteiger partial charge in [0.05, 0.1) is 14.2 Å². The molecule has 0 saturated carbocycles. The first-order chi connectivity index (χ1) is 11.0. The van der Waals surface area contributed by atoms with Crippen molar-refractivity contribution in [2.75, 3.05) is 20.0 Å². The summed E-state index contributed by atoms with van der Waals surface area (Å²) in [5.41, 5.74) is 7.55. The zero-order chi connectivity index (χ0) is 16.6. The number of nitrogens with two attached hydrogens (primary N) is 1. The molecule has 0 atom stereocenters. The number of imidazole rings is 1. The van der Waals surface area contributed by atoms with Gasteiger partial charge in [0.2, 0.25) is 5.95 Å². The highest BCUT2D eigenvalue weighted by Gasteiger charge is 2.14. The number of halogens is 2. The minimum atomic E-state index is 0.0906. The number of nitrogens with one attached hydrogen (secondary N) is 1. The van der Waals surface area contributed by atoms with E-state index in [1.807, 2.05) is 12.1 Å². The Morgan fingerprint density at radius 2 is 1.87 bits per heavy atom. The van der Waals surface area contributed by atoms with Crippen molar-refractivity contribution in [3.05, 3.63) is 33.1 Å². The number of H-pyrrole nitrogens is 1. The molecule has 0 fully saturated rings. The maximum absolute atomic E-state index is 6.05. The Morgan fingerprint density at radius 3 is 2.57 bits per heavy atom. The molecule has 3 rings (SSSR count). The highest BCUT2D eigenvalue weighted by molar-refractivity contribution is 9.10. The van der Waals surface area contributed by atoms with Gasteiger partial charge in [-0.2, -0.15) is 9.97 Å². The molecule has 0 saturated heterocycles. The monoisotopic (exact) mass is 397 g/mol. The molecule has 23 heavy (non-hydrogen) atoms. The number of benzene rings is 1. The number of hydrogen-bond donors (Lipinski definition) is 2. The predicted molar refractivity (Wildman–Crippen MR) is 91.2 cm³/mol. The summed E-state index contributed by atoms with van der Waals surface area (Å²) in [5, 5.41) is 0.248. The molecule has 1 aromatic carbocycles. The first-order valence-electron chi connectivity index (χ1n) is 6.59. The van der Waals surface area contributed by atoms with Crippen LogP contribution < -0.4 is 15.2 Å². The van der Waals surface area contributed by atoms with Gasteiger partial charge < -0.3 is 20.2 Å². The van der Waals surface area contributed by atoms with Crippen molar-refractivity contribution in [1.29, 1.82) is 0 Å². The minimum absolute atomic E-state index is 0.0906. The molecule has 0 aliphatic rings. The Hall–Kier alpha value is -2.06. The standard InChI is InChI=1S/C14H13BrClN5O2/c1-22-8-3-6(7(15)5-9(8)23-2)4-10-18-11-12(16)20-14(17)21-13(11)19-10/h3,5H,4H2,1-2H3,(H3,17,18,19,20,21). The van der Waals surface area contributed by atoms with Gasteiger partial charge in [0.15, 0.2) is 22.3 Å². The van der Waals surface area contributed by atoms with Crippen LogP contribution in [-0.4, -0.2) is 34.2 Å². The van der Waals surface area contributed by atoms with Crippen LogP contribution in [0, 0.1) is 0 Å². The van der Waals surface area contributed by atoms with Crippen LogP contribution >= 0.6 is 27.5 Å². The molecule has 0 aliphatic carbocycles. The summed E-state index contributed by atoms with van der Waals surface area (Å²) in [6.07, 6.45) is 0.521. The number of methoxy groups -OCH3 is 2. The summed E-state index contributed by atoms with van der Waals surface area (Å²) in [4.78, 5) is 15.5. The number of aromatic nitrogens is 4. The van der Waals surface area contributed by atoms with Crippen molar-refractivity contribution in [3.8, 4) is 11.5 Å². The average Bonchev–Trinajstić information content (AvgIpc) is 2.91. The number of aromatic amines is 1. The van der Waals surface area contributed by atoms with Gasteiger partial charge in [-0.1, -0.05) is 27.5 Å². The van der Waals surface area contributed by atoms with Crippen molar-refractivity contribution in [1.82, 2.24) is 19.9 Å². The second-order valence-corrected chi connectivity index (χ2v) is 5.94. The molecule has 2 aromatic heterocycles. The number of fused-ring (bicyclic) bond motifs is 1. The van der Waals surface area contributed by atoms with Gasteiger partial charge in [-0.25, -0.2) is 4.98 Å². The lowest BCUT2D eigenvalue weighted by Crippen LogP contribution is -1.96. The maximum Gasteiger partial charge on any atom is 0.223 e. The van der Waals surface area contributed by atoms with Crippen molar-refractivity contribution in [2.24, 2.45) is 0 Å². The Morgan fingerprint density at radius 1 is 1.17 bits per heavy atom. The van der Waals surface area contributed by atoms with Crippen molar-refractivity contribution >= 4 is 44.6 Å². The minimum Gasteiger partial charge on any atom is -0.493 e. The molecule has 0 radical (unpaired) electrons. The molecule has 120 valence electrons. The number of rotatable bonds is 4. The molecular formula is C14H13BrClN5O2. The van der Waals surface area contributed by atoms with Gasteiger partial charge in [-0.05, 0) is 17.7 Å². The third-order valence-corrected chi connectivity index (χ3v) is 4.30. The van der Waals surface area contributed by atoms with E-state index in [-0.39, 0.29) is 11.1 Å². The summed E-state index contributed by atoms with van der Waals surface area (Å²) >= 11 is 9.58. The van der Waals surface area contributed by atoms with E-state index in [2.05, 4.69) is 35.9 Å². The highest BCUT2D eigenvalue weighted by Crippen LogP contribution is 2.34. The SMILES string of the molecule is COc1cc(Br)c(Cc2nc3nc(N)nc(Cl)c3[nH]2)cc1OC. The molecule has 2 heterocycles. The number of anilines is 1. The largest absolute Gasteiger partial charge is 0.493 e. The van der Waals surface area contributed by atoms with Crippen LogP contribution in [0.15, 0.2) is 16.6 Å². The molecule has 0 spiro atoms. The normalized spacial score (nSPS) is 11.0. The van der Waals surface area contributed by atoms with E-state index in [0.29, 0.717) is 34.9 Å². The number of nitrogens with zero attached hydrogens (tertiary/aromatic N) is 3. The third-order valence-electron chi connectivity index (χ3n) is 3.28. The first kappa shape index (κ1) is 15.8. The average molecular weight is 399 g/mol. The Kier molecular flexibility index (Phi) is 4.27. The molecule has 3 N–H and O–H groups in total. The topological polar surface area (TPSA) is 98.9 Å². The van der Waals surface area contributed by atoms with Gasteiger partial charge in [-0.3, -0.25) is 0 Å². The molecule has 0 unspecified atom stereocenters. The first-order valence-corrected chi connectivity index (χ1v) is 7.77. The lowest BCUT2D eigenvalue weighted by molar-refractivity contribution is 0.354. The lowest BCUT2D eigenvalue weighted by atomic mass is 10.1. The fourth-order valence-electron chi connectivity index (χ4n) is 2.22. The number of nitrogen functional groups attached to an aromatic ring is 1. The smallest absolute Gasteiger partial charge is 0.223 e. The second-order valence-electron chi connectivity index (χ2n) is 4.73. The summed E-state index contributed by atoms with van der Waals surface area (Å²) in [6, 6.07) is 3.74. The molecule has 7 nitrogen and oxygen atoms in total. The maximum atomic E-state index is 6.05. The van der Waals surface area contributed by atoms with Crippen LogP contribution in [0.5, 0.6) is 11.5 Å². The van der Waals surface area contributed by atoms with Gasteiger partial charge in [0.25, 0.3) is 0 Å². The van der Waals surface area contributed by atoms with Crippen LogP contribution in [0.4, 0.5) is 5.95 Å². The highest BCUT2D eigenvalue weighted by atomic mass is 79.9. The van der Waals surface area contributed by atoms with E-state index < -0.39 is 0 Å². The van der Waals surface area contributed by atoms with Crippen LogP contribution in [0.1, 0.15) is 11.4 Å². The molecular weight excluding hydrogens is 386 g/mol. The zero-order valence-electron chi connectivity index (χ0n) is 12.4. The lowest BCUT2D eigenvalue weighted by Gasteiger charge is -2.11. The molecule has 9 heteroatoms. The van der Waals surface area contributed by atoms with Crippen LogP contribution in [0.2, 0.25) is 5.15 Å². The van der Waals surface area contributed by atoms with E-state index in [9.17, 15) is 0 Å². The fourth-order valence-corrected chi connectivity index (χ4v) is 2.90. The van der Waals surface area contributed by atoms with Gasteiger partial charge in [0, 0.05) is 10.9 Å². The third kappa shape index (κ3) is 3.04. The Balaban J connectivity index is 2.00. The molecule has 0 amide bonds. The van der Waals surface area contributed by atoms with E-state index in [4.69, 9.17) is 26.8 Å². The van der Waals surface area contributed by atoms with Crippen LogP contribution in [0.3, 0.4) is 0 Å². The Bertz CT molecular complexity index is 883. The number of hydrogen-bond acceptors (Lipinski definition) is 6. The summed E-state index contributed by atoms with van der Waals surface area (Å²) in [6.45, 7) is 0. The fraction of sp³-hybridized carbons (Fsp3) is 0.214. The Labute approximate surface area is 145 Å². The molecule has 0 bridgehead atoms. The molecule has 0 aliphatic heterocycles. The zero-order valence-corrected chi connectivity index (χ0v) is 14.7. The number of ether oxygens (including phenoxy) is 2. The second kappa shape index (κ2) is 6.21. The van der Waals surface area contributed by atoms with Gasteiger partial charge in [0.1, 0.15) is 11.3 Å². The summed E-state index contributed by atoms with van der Waals surface area (Å²) in [5.74, 6) is 2.07. The van der Waals surface area contributed by atoms with Crippen molar-refractivity contribution in [3.63, 3.8) is 0 Å². The van der Waals surface area contributed by atoms with E-state index in [1.165, 1.54) is 0 Å². The van der Waals surface area contributed by atoms with Gasteiger partial charge >= 0.3 is 0 Å². The summed E-state index contributed by atoms with van der Waals surface area (Å²) in [7, 11) is 3.18. The quantitative estimate of drug-likeness (QED) is 0.656. The van der Waals surface area contributed by atoms with E-state index in [1.54, 1.807) is 14.2 Å². The molecule has 3 aromatic rings. The summed E-state index contributed by atoms with van der Waals surface area (Å²) < 4.78 is 11.5.